The van der Waals surface area contributed by atoms with Gasteiger partial charge in [-0.05, 0) is 36.1 Å². The second kappa shape index (κ2) is 4.95. The molecule has 0 unspecified atom stereocenters. The van der Waals surface area contributed by atoms with Crippen molar-refractivity contribution in [2.45, 2.75) is 18.3 Å². The van der Waals surface area contributed by atoms with E-state index in [1.54, 1.807) is 6.07 Å². The van der Waals surface area contributed by atoms with Gasteiger partial charge in [0, 0.05) is 28.7 Å². The molecule has 0 saturated heterocycles. The molecule has 4 rings (SSSR count). The lowest BCUT2D eigenvalue weighted by molar-refractivity contribution is -0.110. The number of hydrogen-bond donors (Lipinski definition) is 2. The van der Waals surface area contributed by atoms with Gasteiger partial charge in [0.1, 0.15) is 0 Å². The summed E-state index contributed by atoms with van der Waals surface area (Å²) in [6, 6.07) is 12.1. The van der Waals surface area contributed by atoms with Gasteiger partial charge in [-0.15, -0.1) is 0 Å². The van der Waals surface area contributed by atoms with Gasteiger partial charge in [-0.2, -0.15) is 0 Å². The Hall–Kier alpha value is -2.10. The molecule has 2 aliphatic rings. The van der Waals surface area contributed by atoms with E-state index in [1.165, 1.54) is 5.56 Å². The van der Waals surface area contributed by atoms with Crippen molar-refractivity contribution >= 4 is 28.8 Å². The Kier molecular flexibility index (Phi) is 3.12. The van der Waals surface area contributed by atoms with Crippen LogP contribution in [0.5, 0.6) is 0 Å². The number of carbonyl (C=O) groups excluding carboxylic acids is 1. The number of nitrogens with one attached hydrogen (secondary N) is 1. The zero-order chi connectivity index (χ0) is 16.2. The molecule has 0 spiro atoms. The summed E-state index contributed by atoms with van der Waals surface area (Å²) in [5, 5.41) is 3.39. The average molecular weight is 325 g/mol. The first kappa shape index (κ1) is 14.5. The van der Waals surface area contributed by atoms with Crippen LogP contribution in [0.25, 0.3) is 16.7 Å². The summed E-state index contributed by atoms with van der Waals surface area (Å²) >= 11 is 6.41. The highest BCUT2D eigenvalue weighted by Crippen LogP contribution is 2.47. The highest BCUT2D eigenvalue weighted by molar-refractivity contribution is 6.36. The van der Waals surface area contributed by atoms with Crippen LogP contribution in [0, 0.1) is 0 Å². The maximum atomic E-state index is 11.7. The van der Waals surface area contributed by atoms with E-state index in [9.17, 15) is 4.79 Å². The first-order chi connectivity index (χ1) is 11.0. The number of halogens is 1. The molecule has 116 valence electrons. The second-order valence-corrected chi connectivity index (χ2v) is 6.78. The Morgan fingerprint density at radius 3 is 2.48 bits per heavy atom. The first-order valence-corrected chi connectivity index (χ1v) is 8.07. The van der Waals surface area contributed by atoms with Crippen molar-refractivity contribution in [3.05, 3.63) is 59.1 Å². The van der Waals surface area contributed by atoms with Gasteiger partial charge in [0.15, 0.2) is 0 Å². The quantitative estimate of drug-likeness (QED) is 0.840. The summed E-state index contributed by atoms with van der Waals surface area (Å²) in [4.78, 5) is 11.7. The van der Waals surface area contributed by atoms with Crippen LogP contribution in [0.2, 0.25) is 5.02 Å². The summed E-state index contributed by atoms with van der Waals surface area (Å²) in [7, 11) is 0. The van der Waals surface area contributed by atoms with Crippen LogP contribution >= 0.6 is 11.6 Å². The third-order valence-corrected chi connectivity index (χ3v) is 5.32. The molecule has 1 fully saturated rings. The molecule has 3 nitrogen and oxygen atoms in total. The predicted octanol–water partition coefficient (Wildman–Crippen LogP) is 3.96. The highest BCUT2D eigenvalue weighted by Gasteiger charge is 2.42. The minimum absolute atomic E-state index is 0.165. The number of nitrogens with two attached hydrogens (primary N) is 1. The maximum Gasteiger partial charge on any atom is 0.255 e. The fourth-order valence-electron chi connectivity index (χ4n) is 3.23. The summed E-state index contributed by atoms with van der Waals surface area (Å²) < 4.78 is 0. The van der Waals surface area contributed by atoms with Crippen LogP contribution in [0.1, 0.15) is 24.0 Å². The monoisotopic (exact) mass is 324 g/mol. The molecule has 1 heterocycles. The van der Waals surface area contributed by atoms with Crippen LogP contribution in [-0.4, -0.2) is 12.5 Å². The zero-order valence-electron chi connectivity index (χ0n) is 12.7. The largest absolute Gasteiger partial charge is 0.330 e. The van der Waals surface area contributed by atoms with E-state index in [0.717, 1.165) is 35.2 Å². The van der Waals surface area contributed by atoms with Gasteiger partial charge in [0.2, 0.25) is 0 Å². The third-order valence-electron chi connectivity index (χ3n) is 5.01. The van der Waals surface area contributed by atoms with E-state index in [4.69, 9.17) is 17.3 Å². The van der Waals surface area contributed by atoms with Crippen LogP contribution in [0.15, 0.2) is 43.0 Å². The standard InChI is InChI=1S/C19H17ClN2O/c1-11-14-8-15(16(20)9-17(14)22-18(11)23)12-2-4-13(5-3-12)19(10-21)6-7-19/h2-5,8-9H,1,6-7,10,21H2,(H,22,23). The van der Waals surface area contributed by atoms with Crippen LogP contribution < -0.4 is 11.1 Å². The van der Waals surface area contributed by atoms with E-state index in [2.05, 4.69) is 36.2 Å². The van der Waals surface area contributed by atoms with Crippen LogP contribution in [0.4, 0.5) is 5.69 Å². The Balaban J connectivity index is 1.74. The molecular weight excluding hydrogens is 308 g/mol. The Morgan fingerprint density at radius 1 is 1.17 bits per heavy atom. The Labute approximate surface area is 140 Å². The molecule has 0 bridgehead atoms. The van der Waals surface area contributed by atoms with Gasteiger partial charge in [-0.25, -0.2) is 0 Å². The number of hydrogen-bond acceptors (Lipinski definition) is 2. The van der Waals surface area contributed by atoms with Gasteiger partial charge in [-0.3, -0.25) is 4.79 Å². The molecule has 1 aliphatic carbocycles. The number of anilines is 1. The van der Waals surface area contributed by atoms with E-state index in [-0.39, 0.29) is 11.3 Å². The van der Waals surface area contributed by atoms with E-state index >= 15 is 0 Å². The van der Waals surface area contributed by atoms with Crippen molar-refractivity contribution in [3.8, 4) is 11.1 Å². The summed E-state index contributed by atoms with van der Waals surface area (Å²) in [6.07, 6.45) is 2.33. The van der Waals surface area contributed by atoms with Gasteiger partial charge in [0.25, 0.3) is 5.91 Å². The van der Waals surface area contributed by atoms with Crippen molar-refractivity contribution in [1.82, 2.24) is 0 Å². The predicted molar refractivity (Wildman–Crippen MR) is 94.5 cm³/mol. The van der Waals surface area contributed by atoms with Gasteiger partial charge < -0.3 is 11.1 Å². The highest BCUT2D eigenvalue weighted by atomic mass is 35.5. The molecule has 2 aromatic carbocycles. The van der Waals surface area contributed by atoms with Crippen molar-refractivity contribution in [2.24, 2.45) is 5.73 Å². The molecule has 1 saturated carbocycles. The smallest absolute Gasteiger partial charge is 0.255 e. The number of fused-ring (bicyclic) bond motifs is 1. The lowest BCUT2D eigenvalue weighted by atomic mass is 9.93. The Bertz CT molecular complexity index is 835. The first-order valence-electron chi connectivity index (χ1n) is 7.69. The van der Waals surface area contributed by atoms with Gasteiger partial charge in [0.05, 0.1) is 10.7 Å². The SMILES string of the molecule is C=C1C(=O)Nc2cc(Cl)c(-c3ccc(C4(CN)CC4)cc3)cc21. The molecule has 0 aromatic heterocycles. The summed E-state index contributed by atoms with van der Waals surface area (Å²) in [5.74, 6) is -0.165. The molecule has 0 atom stereocenters. The topological polar surface area (TPSA) is 55.1 Å². The zero-order valence-corrected chi connectivity index (χ0v) is 13.4. The van der Waals surface area contributed by atoms with Crippen LogP contribution in [-0.2, 0) is 10.2 Å². The van der Waals surface area contributed by atoms with Crippen molar-refractivity contribution in [2.75, 3.05) is 11.9 Å². The maximum absolute atomic E-state index is 11.7. The van der Waals surface area contributed by atoms with Crippen molar-refractivity contribution < 1.29 is 4.79 Å². The van der Waals surface area contributed by atoms with Gasteiger partial charge in [-0.1, -0.05) is 42.4 Å². The summed E-state index contributed by atoms with van der Waals surface area (Å²) in [6.45, 7) is 4.53. The van der Waals surface area contributed by atoms with Gasteiger partial charge >= 0.3 is 0 Å². The lowest BCUT2D eigenvalue weighted by Gasteiger charge is -2.14. The second-order valence-electron chi connectivity index (χ2n) is 6.37. The molecule has 4 heteroatoms. The van der Waals surface area contributed by atoms with E-state index in [0.29, 0.717) is 17.1 Å². The van der Waals surface area contributed by atoms with E-state index in [1.807, 2.05) is 6.07 Å². The molecule has 0 radical (unpaired) electrons. The molecule has 1 aliphatic heterocycles. The minimum atomic E-state index is -0.165. The minimum Gasteiger partial charge on any atom is -0.330 e. The number of benzene rings is 2. The summed E-state index contributed by atoms with van der Waals surface area (Å²) in [5.41, 5.74) is 11.3. The fraction of sp³-hybridized carbons (Fsp3) is 0.211. The lowest BCUT2D eigenvalue weighted by Crippen LogP contribution is -2.19. The normalized spacial score (nSPS) is 17.8. The molecular formula is C19H17ClN2O. The molecule has 1 amide bonds. The Morgan fingerprint density at radius 2 is 1.87 bits per heavy atom. The average Bonchev–Trinajstić information content (AvgIpc) is 3.31. The molecule has 3 N–H and O–H groups in total. The number of amides is 1. The van der Waals surface area contributed by atoms with Crippen molar-refractivity contribution in [1.29, 1.82) is 0 Å². The van der Waals surface area contributed by atoms with Crippen LogP contribution in [0.3, 0.4) is 0 Å². The molecule has 23 heavy (non-hydrogen) atoms. The van der Waals surface area contributed by atoms with Crippen molar-refractivity contribution in [3.63, 3.8) is 0 Å². The number of carbonyl (C=O) groups is 1. The number of rotatable bonds is 3. The molecule has 2 aromatic rings. The van der Waals surface area contributed by atoms with E-state index < -0.39 is 0 Å². The fourth-order valence-corrected chi connectivity index (χ4v) is 3.51. The third kappa shape index (κ3) is 2.19.